The second-order valence-corrected chi connectivity index (χ2v) is 6.37. The van der Waals surface area contributed by atoms with Crippen LogP contribution >= 0.6 is 0 Å². The first kappa shape index (κ1) is 15.3. The number of hydrogen-bond donors (Lipinski definition) is 1. The number of piperidine rings is 1. The number of nitrogens with one attached hydrogen (secondary N) is 1. The van der Waals surface area contributed by atoms with E-state index in [2.05, 4.69) is 34.5 Å². The third-order valence-corrected chi connectivity index (χ3v) is 4.85. The molecule has 1 aromatic carbocycles. The van der Waals surface area contributed by atoms with Gasteiger partial charge in [-0.3, -0.25) is 4.79 Å². The molecule has 2 saturated heterocycles. The minimum absolute atomic E-state index is 0.00199. The number of ether oxygens (including phenoxy) is 1. The number of nitrogens with zero attached hydrogens (tertiary/aromatic N) is 1. The second kappa shape index (κ2) is 7.14. The monoisotopic (exact) mass is 302 g/mol. The van der Waals surface area contributed by atoms with Crippen molar-refractivity contribution < 1.29 is 9.53 Å². The summed E-state index contributed by atoms with van der Waals surface area (Å²) < 4.78 is 5.49. The van der Waals surface area contributed by atoms with Crippen molar-refractivity contribution in [3.63, 3.8) is 0 Å². The number of carbonyl (C=O) groups excluding carboxylic acids is 1. The summed E-state index contributed by atoms with van der Waals surface area (Å²) >= 11 is 0. The molecule has 120 valence electrons. The summed E-state index contributed by atoms with van der Waals surface area (Å²) in [5.41, 5.74) is 2.49. The maximum Gasteiger partial charge on any atom is 0.226 e. The molecular weight excluding hydrogens is 276 g/mol. The summed E-state index contributed by atoms with van der Waals surface area (Å²) in [6.45, 7) is 5.54. The van der Waals surface area contributed by atoms with Gasteiger partial charge in [-0.25, -0.2) is 0 Å². The Bertz CT molecular complexity index is 512. The van der Waals surface area contributed by atoms with Crippen LogP contribution in [0.2, 0.25) is 0 Å². The quantitative estimate of drug-likeness (QED) is 0.930. The van der Waals surface area contributed by atoms with Gasteiger partial charge in [-0.05, 0) is 44.2 Å². The summed E-state index contributed by atoms with van der Waals surface area (Å²) in [4.78, 5) is 14.8. The van der Waals surface area contributed by atoms with Crippen LogP contribution in [0.25, 0.3) is 0 Å². The molecule has 0 spiro atoms. The lowest BCUT2D eigenvalue weighted by atomic mass is 10.0. The van der Waals surface area contributed by atoms with Gasteiger partial charge < -0.3 is 15.0 Å². The van der Waals surface area contributed by atoms with Gasteiger partial charge in [0.25, 0.3) is 0 Å². The first-order valence-corrected chi connectivity index (χ1v) is 8.48. The van der Waals surface area contributed by atoms with Gasteiger partial charge in [-0.2, -0.15) is 0 Å². The van der Waals surface area contributed by atoms with Gasteiger partial charge in [-0.15, -0.1) is 0 Å². The van der Waals surface area contributed by atoms with Crippen molar-refractivity contribution >= 4 is 11.6 Å². The van der Waals surface area contributed by atoms with E-state index in [-0.39, 0.29) is 17.9 Å². The van der Waals surface area contributed by atoms with Gasteiger partial charge in [0, 0.05) is 31.9 Å². The largest absolute Gasteiger partial charge is 0.378 e. The first-order chi connectivity index (χ1) is 10.8. The molecule has 0 saturated carbocycles. The predicted octanol–water partition coefficient (Wildman–Crippen LogP) is 2.72. The van der Waals surface area contributed by atoms with Crippen molar-refractivity contribution in [1.29, 1.82) is 0 Å². The Kier molecular flexibility index (Phi) is 4.98. The molecule has 1 aromatic rings. The molecule has 2 heterocycles. The number of benzene rings is 1. The van der Waals surface area contributed by atoms with Gasteiger partial charge in [-0.1, -0.05) is 18.2 Å². The molecule has 4 nitrogen and oxygen atoms in total. The average Bonchev–Trinajstić information content (AvgIpc) is 3.00. The van der Waals surface area contributed by atoms with Crippen LogP contribution in [0.3, 0.4) is 0 Å². The van der Waals surface area contributed by atoms with Crippen LogP contribution in [-0.4, -0.2) is 31.7 Å². The Morgan fingerprint density at radius 2 is 2.05 bits per heavy atom. The van der Waals surface area contributed by atoms with Crippen LogP contribution in [0.5, 0.6) is 0 Å². The van der Waals surface area contributed by atoms with Gasteiger partial charge in [0.15, 0.2) is 0 Å². The highest BCUT2D eigenvalue weighted by Crippen LogP contribution is 2.25. The Morgan fingerprint density at radius 3 is 2.77 bits per heavy atom. The van der Waals surface area contributed by atoms with Crippen molar-refractivity contribution in [2.24, 2.45) is 5.92 Å². The van der Waals surface area contributed by atoms with Gasteiger partial charge in [0.2, 0.25) is 5.91 Å². The average molecular weight is 302 g/mol. The van der Waals surface area contributed by atoms with E-state index in [9.17, 15) is 4.79 Å². The molecule has 0 radical (unpaired) electrons. The summed E-state index contributed by atoms with van der Waals surface area (Å²) in [6.07, 6.45) is 4.72. The topological polar surface area (TPSA) is 41.6 Å². The fourth-order valence-corrected chi connectivity index (χ4v) is 3.49. The Morgan fingerprint density at radius 1 is 1.27 bits per heavy atom. The molecular formula is C18H26N2O2. The zero-order valence-electron chi connectivity index (χ0n) is 13.4. The van der Waals surface area contributed by atoms with Crippen molar-refractivity contribution in [3.05, 3.63) is 29.8 Å². The summed E-state index contributed by atoms with van der Waals surface area (Å²) in [6, 6.07) is 8.44. The lowest BCUT2D eigenvalue weighted by Crippen LogP contribution is -2.35. The van der Waals surface area contributed by atoms with Crippen molar-refractivity contribution in [2.45, 2.75) is 45.3 Å². The van der Waals surface area contributed by atoms with E-state index in [4.69, 9.17) is 4.74 Å². The molecule has 0 bridgehead atoms. The lowest BCUT2D eigenvalue weighted by Gasteiger charge is -2.30. The van der Waals surface area contributed by atoms with E-state index < -0.39 is 0 Å². The van der Waals surface area contributed by atoms with E-state index in [1.807, 2.05) is 6.92 Å². The van der Waals surface area contributed by atoms with E-state index in [1.54, 1.807) is 0 Å². The lowest BCUT2D eigenvalue weighted by molar-refractivity contribution is -0.126. The molecule has 2 atom stereocenters. The van der Waals surface area contributed by atoms with Crippen molar-refractivity contribution in [1.82, 2.24) is 5.32 Å². The van der Waals surface area contributed by atoms with E-state index in [0.29, 0.717) is 13.2 Å². The zero-order chi connectivity index (χ0) is 15.4. The van der Waals surface area contributed by atoms with Gasteiger partial charge >= 0.3 is 0 Å². The smallest absolute Gasteiger partial charge is 0.226 e. The van der Waals surface area contributed by atoms with Gasteiger partial charge in [0.05, 0.1) is 12.0 Å². The molecule has 1 amide bonds. The zero-order valence-corrected chi connectivity index (χ0v) is 13.4. The van der Waals surface area contributed by atoms with Crippen molar-refractivity contribution in [2.75, 3.05) is 24.6 Å². The minimum Gasteiger partial charge on any atom is -0.378 e. The highest BCUT2D eigenvalue weighted by molar-refractivity contribution is 5.79. The van der Waals surface area contributed by atoms with Crippen LogP contribution in [0.1, 0.15) is 38.2 Å². The first-order valence-electron chi connectivity index (χ1n) is 8.48. The SMILES string of the molecule is C[C@H]1OCC[C@@H]1C(=O)NCc1ccccc1N1CCCCC1. The third-order valence-electron chi connectivity index (χ3n) is 4.85. The van der Waals surface area contributed by atoms with Crippen LogP contribution in [0.15, 0.2) is 24.3 Å². The normalized spacial score (nSPS) is 25.2. The molecule has 0 unspecified atom stereocenters. The summed E-state index contributed by atoms with van der Waals surface area (Å²) in [7, 11) is 0. The molecule has 0 aliphatic carbocycles. The Labute approximate surface area is 132 Å². The molecule has 3 rings (SSSR count). The number of para-hydroxylation sites is 1. The second-order valence-electron chi connectivity index (χ2n) is 6.37. The van der Waals surface area contributed by atoms with E-state index in [1.165, 1.54) is 30.5 Å². The molecule has 1 N–H and O–H groups in total. The maximum atomic E-state index is 12.3. The Hall–Kier alpha value is -1.55. The number of carbonyl (C=O) groups is 1. The van der Waals surface area contributed by atoms with E-state index >= 15 is 0 Å². The van der Waals surface area contributed by atoms with Crippen LogP contribution in [0.4, 0.5) is 5.69 Å². The van der Waals surface area contributed by atoms with Crippen LogP contribution in [0, 0.1) is 5.92 Å². The minimum atomic E-state index is 0.00199. The molecule has 2 fully saturated rings. The number of amides is 1. The predicted molar refractivity (Wildman–Crippen MR) is 87.9 cm³/mol. The van der Waals surface area contributed by atoms with Crippen molar-refractivity contribution in [3.8, 4) is 0 Å². The fourth-order valence-electron chi connectivity index (χ4n) is 3.49. The highest BCUT2D eigenvalue weighted by Gasteiger charge is 2.30. The summed E-state index contributed by atoms with van der Waals surface area (Å²) in [5.74, 6) is 0.126. The number of anilines is 1. The molecule has 0 aromatic heterocycles. The summed E-state index contributed by atoms with van der Waals surface area (Å²) in [5, 5.41) is 3.11. The van der Waals surface area contributed by atoms with Crippen LogP contribution in [-0.2, 0) is 16.1 Å². The standard InChI is InChI=1S/C18H26N2O2/c1-14-16(9-12-22-14)18(21)19-13-15-7-3-4-8-17(15)20-10-5-2-6-11-20/h3-4,7-8,14,16H,2,5-6,9-13H2,1H3,(H,19,21)/t14-,16+/m1/s1. The number of rotatable bonds is 4. The van der Waals surface area contributed by atoms with Crippen LogP contribution < -0.4 is 10.2 Å². The third kappa shape index (κ3) is 3.43. The van der Waals surface area contributed by atoms with E-state index in [0.717, 1.165) is 19.5 Å². The Balaban J connectivity index is 1.63. The molecule has 2 aliphatic rings. The molecule has 22 heavy (non-hydrogen) atoms. The van der Waals surface area contributed by atoms with Gasteiger partial charge in [0.1, 0.15) is 0 Å². The highest BCUT2D eigenvalue weighted by atomic mass is 16.5. The molecule has 4 heteroatoms. The number of hydrogen-bond acceptors (Lipinski definition) is 3. The molecule has 2 aliphatic heterocycles. The fraction of sp³-hybridized carbons (Fsp3) is 0.611. The maximum absolute atomic E-state index is 12.3.